The number of guanidine groups is 1. The van der Waals surface area contributed by atoms with E-state index >= 15 is 0 Å². The second-order valence-corrected chi connectivity index (χ2v) is 6.78. The van der Waals surface area contributed by atoms with Crippen molar-refractivity contribution in [2.24, 2.45) is 10.9 Å². The number of nitrogens with one attached hydrogen (secondary N) is 2. The average Bonchev–Trinajstić information content (AvgIpc) is 3.34. The highest BCUT2D eigenvalue weighted by Crippen LogP contribution is 2.20. The molecule has 130 valence electrons. The van der Waals surface area contributed by atoms with E-state index in [2.05, 4.69) is 34.7 Å². The Morgan fingerprint density at radius 2 is 2.08 bits per heavy atom. The molecule has 0 aromatic heterocycles. The van der Waals surface area contributed by atoms with Gasteiger partial charge in [-0.3, -0.25) is 9.79 Å². The predicted molar refractivity (Wildman–Crippen MR) is 97.0 cm³/mol. The lowest BCUT2D eigenvalue weighted by atomic mass is 10.1. The van der Waals surface area contributed by atoms with Crippen LogP contribution in [0.15, 0.2) is 35.3 Å². The number of carbonyl (C=O) groups excluding carboxylic acids is 1. The Bertz CT molecular complexity index is 568. The molecule has 1 atom stereocenters. The lowest BCUT2D eigenvalue weighted by Gasteiger charge is -2.16. The van der Waals surface area contributed by atoms with Crippen LogP contribution >= 0.6 is 0 Å². The van der Waals surface area contributed by atoms with Crippen LogP contribution in [0.2, 0.25) is 0 Å². The number of benzene rings is 1. The number of aliphatic imine (C=N–C) groups is 1. The third kappa shape index (κ3) is 4.98. The molecule has 24 heavy (non-hydrogen) atoms. The summed E-state index contributed by atoms with van der Waals surface area (Å²) < 4.78 is 0. The van der Waals surface area contributed by atoms with Crippen molar-refractivity contribution >= 4 is 11.9 Å². The van der Waals surface area contributed by atoms with Crippen LogP contribution in [0.25, 0.3) is 0 Å². The summed E-state index contributed by atoms with van der Waals surface area (Å²) in [5, 5.41) is 6.71. The van der Waals surface area contributed by atoms with Gasteiger partial charge in [-0.2, -0.15) is 0 Å². The second kappa shape index (κ2) is 8.18. The average molecular weight is 328 g/mol. The molecular formula is C19H28N4O. The molecule has 0 bridgehead atoms. The standard InChI is InChI=1S/C19H28N4O/c1-2-20-19(22-17-8-9-17)21-13-16-12-18(24)23(14-16)11-10-15-6-4-3-5-7-15/h3-7,16-17H,2,8-14H2,1H3,(H2,20,21,22)/t16-/m1/s1. The minimum atomic E-state index is 0.270. The number of rotatable bonds is 7. The summed E-state index contributed by atoms with van der Waals surface area (Å²) >= 11 is 0. The lowest BCUT2D eigenvalue weighted by Crippen LogP contribution is -2.39. The minimum Gasteiger partial charge on any atom is -0.357 e. The first-order valence-electron chi connectivity index (χ1n) is 9.11. The minimum absolute atomic E-state index is 0.270. The molecule has 1 aliphatic carbocycles. The third-order valence-corrected chi connectivity index (χ3v) is 4.58. The van der Waals surface area contributed by atoms with Crippen molar-refractivity contribution in [3.63, 3.8) is 0 Å². The monoisotopic (exact) mass is 328 g/mol. The fraction of sp³-hybridized carbons (Fsp3) is 0.579. The summed E-state index contributed by atoms with van der Waals surface area (Å²) in [6, 6.07) is 11.0. The Balaban J connectivity index is 1.46. The molecule has 0 unspecified atom stereocenters. The zero-order valence-corrected chi connectivity index (χ0v) is 14.5. The maximum Gasteiger partial charge on any atom is 0.223 e. The second-order valence-electron chi connectivity index (χ2n) is 6.78. The van der Waals surface area contributed by atoms with Gasteiger partial charge in [-0.15, -0.1) is 0 Å². The molecule has 1 saturated heterocycles. The number of nitrogens with zero attached hydrogens (tertiary/aromatic N) is 2. The Morgan fingerprint density at radius 1 is 1.29 bits per heavy atom. The predicted octanol–water partition coefficient (Wildman–Crippen LogP) is 1.80. The number of hydrogen-bond donors (Lipinski definition) is 2. The van der Waals surface area contributed by atoms with Gasteiger partial charge in [0.05, 0.1) is 0 Å². The molecule has 1 heterocycles. The van der Waals surface area contributed by atoms with Gasteiger partial charge in [0.1, 0.15) is 0 Å². The van der Waals surface area contributed by atoms with Gasteiger partial charge in [-0.05, 0) is 31.7 Å². The highest BCUT2D eigenvalue weighted by atomic mass is 16.2. The van der Waals surface area contributed by atoms with E-state index in [1.54, 1.807) is 0 Å². The first-order valence-corrected chi connectivity index (χ1v) is 9.11. The Morgan fingerprint density at radius 3 is 2.79 bits per heavy atom. The van der Waals surface area contributed by atoms with Crippen molar-refractivity contribution in [3.05, 3.63) is 35.9 Å². The summed E-state index contributed by atoms with van der Waals surface area (Å²) in [6.07, 6.45) is 4.02. The molecule has 3 rings (SSSR count). The Labute approximate surface area is 144 Å². The van der Waals surface area contributed by atoms with Crippen LogP contribution in [0.3, 0.4) is 0 Å². The van der Waals surface area contributed by atoms with E-state index in [4.69, 9.17) is 0 Å². The van der Waals surface area contributed by atoms with Gasteiger partial charge in [0.15, 0.2) is 5.96 Å². The quantitative estimate of drug-likeness (QED) is 0.593. The van der Waals surface area contributed by atoms with Gasteiger partial charge in [0, 0.05) is 44.6 Å². The van der Waals surface area contributed by atoms with Crippen LogP contribution in [-0.2, 0) is 11.2 Å². The Hall–Kier alpha value is -2.04. The van der Waals surface area contributed by atoms with Crippen LogP contribution in [0, 0.1) is 5.92 Å². The summed E-state index contributed by atoms with van der Waals surface area (Å²) in [4.78, 5) is 18.9. The molecule has 1 amide bonds. The third-order valence-electron chi connectivity index (χ3n) is 4.58. The molecule has 2 fully saturated rings. The van der Waals surface area contributed by atoms with Gasteiger partial charge in [-0.25, -0.2) is 0 Å². The maximum absolute atomic E-state index is 12.2. The zero-order chi connectivity index (χ0) is 16.8. The molecule has 1 aromatic carbocycles. The van der Waals surface area contributed by atoms with Crippen molar-refractivity contribution < 1.29 is 4.79 Å². The molecule has 1 saturated carbocycles. The fourth-order valence-electron chi connectivity index (χ4n) is 3.06. The lowest BCUT2D eigenvalue weighted by molar-refractivity contribution is -0.127. The summed E-state index contributed by atoms with van der Waals surface area (Å²) in [5.41, 5.74) is 1.29. The van der Waals surface area contributed by atoms with Gasteiger partial charge in [-0.1, -0.05) is 30.3 Å². The van der Waals surface area contributed by atoms with Crippen LogP contribution < -0.4 is 10.6 Å². The highest BCUT2D eigenvalue weighted by Gasteiger charge is 2.29. The first kappa shape index (κ1) is 16.8. The van der Waals surface area contributed by atoms with Crippen molar-refractivity contribution in [1.82, 2.24) is 15.5 Å². The van der Waals surface area contributed by atoms with Crippen LogP contribution in [0.5, 0.6) is 0 Å². The molecule has 1 aliphatic heterocycles. The number of carbonyl (C=O) groups is 1. The van der Waals surface area contributed by atoms with Crippen LogP contribution in [0.1, 0.15) is 31.7 Å². The fourth-order valence-corrected chi connectivity index (χ4v) is 3.06. The van der Waals surface area contributed by atoms with Gasteiger partial charge < -0.3 is 15.5 Å². The van der Waals surface area contributed by atoms with Crippen molar-refractivity contribution in [3.8, 4) is 0 Å². The van der Waals surface area contributed by atoms with Crippen molar-refractivity contribution in [2.45, 2.75) is 38.6 Å². The smallest absolute Gasteiger partial charge is 0.223 e. The largest absolute Gasteiger partial charge is 0.357 e. The topological polar surface area (TPSA) is 56.7 Å². The van der Waals surface area contributed by atoms with E-state index < -0.39 is 0 Å². The molecule has 2 aliphatic rings. The first-order chi connectivity index (χ1) is 11.7. The van der Waals surface area contributed by atoms with Crippen LogP contribution in [-0.4, -0.2) is 49.0 Å². The van der Waals surface area contributed by atoms with E-state index in [1.807, 2.05) is 23.1 Å². The normalized spacial score (nSPS) is 21.2. The number of likely N-dealkylation sites (tertiary alicyclic amines) is 1. The summed E-state index contributed by atoms with van der Waals surface area (Å²) in [5.74, 6) is 1.50. The van der Waals surface area contributed by atoms with Gasteiger partial charge in [0.25, 0.3) is 0 Å². The van der Waals surface area contributed by atoms with Crippen molar-refractivity contribution in [1.29, 1.82) is 0 Å². The summed E-state index contributed by atoms with van der Waals surface area (Å²) in [6.45, 7) is 5.30. The SMILES string of the molecule is CCNC(=NC[C@H]1CC(=O)N(CCc2ccccc2)C1)NC1CC1. The van der Waals surface area contributed by atoms with E-state index in [0.29, 0.717) is 18.4 Å². The number of hydrogen-bond acceptors (Lipinski definition) is 2. The molecule has 0 radical (unpaired) electrons. The molecule has 1 aromatic rings. The maximum atomic E-state index is 12.2. The molecular weight excluding hydrogens is 300 g/mol. The molecule has 0 spiro atoms. The van der Waals surface area contributed by atoms with E-state index in [0.717, 1.165) is 38.6 Å². The zero-order valence-electron chi connectivity index (χ0n) is 14.5. The van der Waals surface area contributed by atoms with E-state index in [9.17, 15) is 4.79 Å². The highest BCUT2D eigenvalue weighted by molar-refractivity contribution is 5.81. The van der Waals surface area contributed by atoms with E-state index in [1.165, 1.54) is 18.4 Å². The number of amides is 1. The molecule has 5 heteroatoms. The van der Waals surface area contributed by atoms with Crippen LogP contribution in [0.4, 0.5) is 0 Å². The van der Waals surface area contributed by atoms with Gasteiger partial charge in [0.2, 0.25) is 5.91 Å². The van der Waals surface area contributed by atoms with E-state index in [-0.39, 0.29) is 5.91 Å². The Kier molecular flexibility index (Phi) is 5.72. The van der Waals surface area contributed by atoms with Crippen molar-refractivity contribution in [2.75, 3.05) is 26.2 Å². The van der Waals surface area contributed by atoms with Gasteiger partial charge >= 0.3 is 0 Å². The molecule has 2 N–H and O–H groups in total. The molecule has 5 nitrogen and oxygen atoms in total. The summed E-state index contributed by atoms with van der Waals surface area (Å²) in [7, 11) is 0.